The first-order chi connectivity index (χ1) is 8.10. The lowest BCUT2D eigenvalue weighted by molar-refractivity contribution is -0.118. The number of nitrogens with one attached hydrogen (secondary N) is 1. The highest BCUT2D eigenvalue weighted by molar-refractivity contribution is 7.22. The third kappa shape index (κ3) is 2.55. The van der Waals surface area contributed by atoms with Gasteiger partial charge < -0.3 is 10.1 Å². The van der Waals surface area contributed by atoms with Crippen LogP contribution in [0.4, 0.5) is 5.13 Å². The van der Waals surface area contributed by atoms with Crippen molar-refractivity contribution in [2.24, 2.45) is 5.92 Å². The first-order valence-electron chi connectivity index (χ1n) is 5.35. The summed E-state index contributed by atoms with van der Waals surface area (Å²) in [5.41, 5.74) is 0.841. The fourth-order valence-electron chi connectivity index (χ4n) is 1.34. The van der Waals surface area contributed by atoms with Crippen molar-refractivity contribution in [3.8, 4) is 5.75 Å². The van der Waals surface area contributed by atoms with Crippen LogP contribution in [0.3, 0.4) is 0 Å². The van der Waals surface area contributed by atoms with E-state index in [1.807, 2.05) is 32.0 Å². The number of benzene rings is 1. The lowest BCUT2D eigenvalue weighted by atomic mass is 10.2. The third-order valence-corrected chi connectivity index (χ3v) is 3.30. The number of anilines is 1. The maximum Gasteiger partial charge on any atom is 0.228 e. The van der Waals surface area contributed by atoms with E-state index in [-0.39, 0.29) is 11.8 Å². The summed E-state index contributed by atoms with van der Waals surface area (Å²) < 4.78 is 6.16. The molecule has 0 aliphatic heterocycles. The number of aromatic nitrogens is 1. The average molecular weight is 250 g/mol. The maximum atomic E-state index is 11.5. The third-order valence-electron chi connectivity index (χ3n) is 2.35. The Morgan fingerprint density at radius 3 is 2.88 bits per heavy atom. The minimum Gasteiger partial charge on any atom is -0.497 e. The van der Waals surface area contributed by atoms with Crippen molar-refractivity contribution < 1.29 is 9.53 Å². The van der Waals surface area contributed by atoms with E-state index in [1.165, 1.54) is 11.3 Å². The molecular weight excluding hydrogens is 236 g/mol. The van der Waals surface area contributed by atoms with Gasteiger partial charge in [-0.1, -0.05) is 25.2 Å². The van der Waals surface area contributed by atoms with E-state index in [4.69, 9.17) is 4.74 Å². The van der Waals surface area contributed by atoms with Crippen molar-refractivity contribution in [1.29, 1.82) is 0 Å². The number of carbonyl (C=O) groups excluding carboxylic acids is 1. The van der Waals surface area contributed by atoms with Gasteiger partial charge in [0.1, 0.15) is 5.75 Å². The Balaban J connectivity index is 2.28. The number of hydrogen-bond donors (Lipinski definition) is 1. The molecular formula is C12H14N2O2S. The molecule has 0 bridgehead atoms. The minimum absolute atomic E-state index is 0.0176. The van der Waals surface area contributed by atoms with Crippen molar-refractivity contribution in [1.82, 2.24) is 4.98 Å². The molecule has 0 atom stereocenters. The van der Waals surface area contributed by atoms with Crippen LogP contribution in [0.2, 0.25) is 0 Å². The molecule has 1 aromatic heterocycles. The van der Waals surface area contributed by atoms with E-state index in [9.17, 15) is 4.79 Å². The smallest absolute Gasteiger partial charge is 0.228 e. The number of nitrogens with zero attached hydrogens (tertiary/aromatic N) is 1. The Morgan fingerprint density at radius 2 is 2.24 bits per heavy atom. The molecule has 0 aliphatic rings. The zero-order valence-corrected chi connectivity index (χ0v) is 10.8. The predicted molar refractivity (Wildman–Crippen MR) is 69.6 cm³/mol. The van der Waals surface area contributed by atoms with E-state index in [0.717, 1.165) is 16.0 Å². The zero-order valence-electron chi connectivity index (χ0n) is 9.98. The minimum atomic E-state index is -0.0449. The van der Waals surface area contributed by atoms with Gasteiger partial charge in [0.15, 0.2) is 5.13 Å². The Hall–Kier alpha value is -1.62. The summed E-state index contributed by atoms with van der Waals surface area (Å²) in [6.07, 6.45) is 0. The largest absolute Gasteiger partial charge is 0.497 e. The summed E-state index contributed by atoms with van der Waals surface area (Å²) >= 11 is 1.46. The highest BCUT2D eigenvalue weighted by Gasteiger charge is 2.10. The molecule has 0 fully saturated rings. The predicted octanol–water partition coefficient (Wildman–Crippen LogP) is 2.90. The van der Waals surface area contributed by atoms with Crippen LogP contribution < -0.4 is 10.1 Å². The summed E-state index contributed by atoms with van der Waals surface area (Å²) in [6, 6.07) is 5.68. The lowest BCUT2D eigenvalue weighted by Gasteiger charge is -2.02. The van der Waals surface area contributed by atoms with Gasteiger partial charge in [-0.15, -0.1) is 0 Å². The van der Waals surface area contributed by atoms with Gasteiger partial charge in [0.25, 0.3) is 0 Å². The molecule has 4 nitrogen and oxygen atoms in total. The standard InChI is InChI=1S/C12H14N2O2S/c1-7(2)11(15)14-12-13-9-6-8(16-3)4-5-10(9)17-12/h4-7H,1-3H3,(H,13,14,15). The monoisotopic (exact) mass is 250 g/mol. The van der Waals surface area contributed by atoms with Crippen LogP contribution in [-0.2, 0) is 4.79 Å². The van der Waals surface area contributed by atoms with Crippen LogP contribution in [0.1, 0.15) is 13.8 Å². The Kier molecular flexibility index (Phi) is 3.28. The molecule has 1 heterocycles. The first-order valence-corrected chi connectivity index (χ1v) is 6.17. The summed E-state index contributed by atoms with van der Waals surface area (Å²) in [5.74, 6) is 0.706. The average Bonchev–Trinajstić information content (AvgIpc) is 2.69. The SMILES string of the molecule is COc1ccc2sc(NC(=O)C(C)C)nc2c1. The van der Waals surface area contributed by atoms with E-state index in [0.29, 0.717) is 5.13 Å². The quantitative estimate of drug-likeness (QED) is 0.911. The Morgan fingerprint density at radius 1 is 1.47 bits per heavy atom. The van der Waals surface area contributed by atoms with Crippen molar-refractivity contribution >= 4 is 32.6 Å². The molecule has 0 aliphatic carbocycles. The van der Waals surface area contributed by atoms with Gasteiger partial charge in [0.2, 0.25) is 5.91 Å². The number of thiazole rings is 1. The van der Waals surface area contributed by atoms with Crippen LogP contribution in [-0.4, -0.2) is 18.0 Å². The molecule has 1 amide bonds. The topological polar surface area (TPSA) is 51.2 Å². The zero-order chi connectivity index (χ0) is 12.4. The molecule has 17 heavy (non-hydrogen) atoms. The Labute approximate surface area is 104 Å². The molecule has 1 N–H and O–H groups in total. The van der Waals surface area contributed by atoms with Crippen LogP contribution in [0.5, 0.6) is 5.75 Å². The number of carbonyl (C=O) groups is 1. The number of hydrogen-bond acceptors (Lipinski definition) is 4. The van der Waals surface area contributed by atoms with Crippen LogP contribution >= 0.6 is 11.3 Å². The summed E-state index contributed by atoms with van der Waals surface area (Å²) in [5, 5.41) is 3.43. The van der Waals surface area contributed by atoms with Gasteiger partial charge in [0.05, 0.1) is 17.3 Å². The summed E-state index contributed by atoms with van der Waals surface area (Å²) in [7, 11) is 1.62. The van der Waals surface area contributed by atoms with Crippen molar-refractivity contribution in [3.63, 3.8) is 0 Å². The van der Waals surface area contributed by atoms with Gasteiger partial charge >= 0.3 is 0 Å². The number of fused-ring (bicyclic) bond motifs is 1. The van der Waals surface area contributed by atoms with E-state index < -0.39 is 0 Å². The molecule has 0 saturated carbocycles. The molecule has 90 valence electrons. The van der Waals surface area contributed by atoms with Crippen LogP contribution in [0.15, 0.2) is 18.2 Å². The van der Waals surface area contributed by atoms with Crippen molar-refractivity contribution in [2.75, 3.05) is 12.4 Å². The molecule has 0 unspecified atom stereocenters. The van der Waals surface area contributed by atoms with E-state index in [1.54, 1.807) is 7.11 Å². The second kappa shape index (κ2) is 4.71. The molecule has 0 radical (unpaired) electrons. The van der Waals surface area contributed by atoms with Gasteiger partial charge in [0, 0.05) is 12.0 Å². The fraction of sp³-hybridized carbons (Fsp3) is 0.333. The number of methoxy groups -OCH3 is 1. The number of rotatable bonds is 3. The second-order valence-electron chi connectivity index (χ2n) is 4.00. The molecule has 5 heteroatoms. The lowest BCUT2D eigenvalue weighted by Crippen LogP contribution is -2.17. The highest BCUT2D eigenvalue weighted by Crippen LogP contribution is 2.28. The highest BCUT2D eigenvalue weighted by atomic mass is 32.1. The molecule has 2 aromatic rings. The summed E-state index contributed by atoms with van der Waals surface area (Å²) in [4.78, 5) is 15.9. The first kappa shape index (κ1) is 11.9. The van der Waals surface area contributed by atoms with Crippen molar-refractivity contribution in [3.05, 3.63) is 18.2 Å². The summed E-state index contributed by atoms with van der Waals surface area (Å²) in [6.45, 7) is 3.71. The van der Waals surface area contributed by atoms with Crippen molar-refractivity contribution in [2.45, 2.75) is 13.8 Å². The van der Waals surface area contributed by atoms with E-state index >= 15 is 0 Å². The van der Waals surface area contributed by atoms with Gasteiger partial charge in [-0.25, -0.2) is 4.98 Å². The van der Waals surface area contributed by atoms with Gasteiger partial charge in [-0.2, -0.15) is 0 Å². The molecule has 0 spiro atoms. The second-order valence-corrected chi connectivity index (χ2v) is 5.03. The van der Waals surface area contributed by atoms with Crippen LogP contribution in [0, 0.1) is 5.92 Å². The van der Waals surface area contributed by atoms with Gasteiger partial charge in [-0.3, -0.25) is 4.79 Å². The fourth-order valence-corrected chi connectivity index (χ4v) is 2.19. The van der Waals surface area contributed by atoms with Gasteiger partial charge in [-0.05, 0) is 12.1 Å². The Bertz CT molecular complexity index is 548. The molecule has 1 aromatic carbocycles. The normalized spacial score (nSPS) is 10.8. The van der Waals surface area contributed by atoms with E-state index in [2.05, 4.69) is 10.3 Å². The maximum absolute atomic E-state index is 11.5. The van der Waals surface area contributed by atoms with Crippen LogP contribution in [0.25, 0.3) is 10.2 Å². The number of amides is 1. The number of ether oxygens (including phenoxy) is 1. The molecule has 2 rings (SSSR count). The molecule has 0 saturated heterocycles.